The van der Waals surface area contributed by atoms with Crippen molar-refractivity contribution < 1.29 is 0 Å². The van der Waals surface area contributed by atoms with Gasteiger partial charge in [0.15, 0.2) is 0 Å². The summed E-state index contributed by atoms with van der Waals surface area (Å²) in [4.78, 5) is 0. The summed E-state index contributed by atoms with van der Waals surface area (Å²) in [5.74, 6) is 0. The third kappa shape index (κ3) is 2.59. The van der Waals surface area contributed by atoms with E-state index in [0.29, 0.717) is 6.42 Å². The third-order valence-electron chi connectivity index (χ3n) is 4.80. The van der Waals surface area contributed by atoms with Crippen LogP contribution in [-0.2, 0) is 6.42 Å². The molecule has 1 aliphatic rings. The van der Waals surface area contributed by atoms with E-state index in [1.165, 1.54) is 6.42 Å². The van der Waals surface area contributed by atoms with Crippen molar-refractivity contribution in [3.05, 3.63) is 36.3 Å². The fraction of sp³-hybridized carbons (Fsp3) is 0.412. The molecule has 0 radical (unpaired) electrons. The number of benzene rings is 1. The van der Waals surface area contributed by atoms with E-state index >= 15 is 0 Å². The number of nitrogens with one attached hydrogen (secondary N) is 1. The second-order valence-corrected chi connectivity index (χ2v) is 6.43. The smallest absolute Gasteiger partial charge is 0.0847 e. The maximum Gasteiger partial charge on any atom is 0.0847 e. The SMILES string of the molecule is N#CC1(Cc2cn(-c3ccc4cn[nH]c4c3)nn2)CCCCC1. The Hall–Kier alpha value is -2.68. The molecule has 1 fully saturated rings. The van der Waals surface area contributed by atoms with Gasteiger partial charge in [-0.2, -0.15) is 10.4 Å². The first kappa shape index (κ1) is 13.9. The summed E-state index contributed by atoms with van der Waals surface area (Å²) in [7, 11) is 0. The summed E-state index contributed by atoms with van der Waals surface area (Å²) < 4.78 is 1.77. The van der Waals surface area contributed by atoms with Gasteiger partial charge in [0.1, 0.15) is 0 Å². The van der Waals surface area contributed by atoms with E-state index in [-0.39, 0.29) is 5.41 Å². The maximum absolute atomic E-state index is 9.61. The zero-order valence-corrected chi connectivity index (χ0v) is 12.9. The van der Waals surface area contributed by atoms with Gasteiger partial charge in [0, 0.05) is 11.8 Å². The highest BCUT2D eigenvalue weighted by atomic mass is 15.4. The Morgan fingerprint density at radius 2 is 2.13 bits per heavy atom. The summed E-state index contributed by atoms with van der Waals surface area (Å²) in [6, 6.07) is 8.55. The Morgan fingerprint density at radius 3 is 2.96 bits per heavy atom. The number of nitrogens with zero attached hydrogens (tertiary/aromatic N) is 5. The quantitative estimate of drug-likeness (QED) is 0.805. The number of aromatic amines is 1. The highest BCUT2D eigenvalue weighted by Gasteiger charge is 2.33. The van der Waals surface area contributed by atoms with Crippen LogP contribution in [0.4, 0.5) is 0 Å². The predicted molar refractivity (Wildman–Crippen MR) is 85.8 cm³/mol. The number of rotatable bonds is 3. The van der Waals surface area contributed by atoms with Crippen LogP contribution in [0.3, 0.4) is 0 Å². The van der Waals surface area contributed by atoms with Gasteiger partial charge in [0.2, 0.25) is 0 Å². The molecule has 4 rings (SSSR count). The third-order valence-corrected chi connectivity index (χ3v) is 4.80. The van der Waals surface area contributed by atoms with Crippen LogP contribution in [0.2, 0.25) is 0 Å². The summed E-state index contributed by atoms with van der Waals surface area (Å²) in [6.07, 6.45) is 9.87. The minimum Gasteiger partial charge on any atom is -0.278 e. The molecule has 0 unspecified atom stereocenters. The number of aromatic nitrogens is 5. The average Bonchev–Trinajstić information content (AvgIpc) is 3.24. The molecule has 0 atom stereocenters. The molecular formula is C17H18N6. The van der Waals surface area contributed by atoms with Crippen molar-refractivity contribution in [2.45, 2.75) is 38.5 Å². The van der Waals surface area contributed by atoms with Crippen LogP contribution in [0, 0.1) is 16.7 Å². The summed E-state index contributed by atoms with van der Waals surface area (Å²) in [6.45, 7) is 0. The van der Waals surface area contributed by atoms with Gasteiger partial charge in [-0.15, -0.1) is 5.10 Å². The van der Waals surface area contributed by atoms with Crippen LogP contribution >= 0.6 is 0 Å². The lowest BCUT2D eigenvalue weighted by Gasteiger charge is -2.29. The fourth-order valence-corrected chi connectivity index (χ4v) is 3.48. The van der Waals surface area contributed by atoms with Crippen molar-refractivity contribution in [1.29, 1.82) is 5.26 Å². The van der Waals surface area contributed by atoms with Gasteiger partial charge >= 0.3 is 0 Å². The van der Waals surface area contributed by atoms with E-state index < -0.39 is 0 Å². The Balaban J connectivity index is 1.60. The molecule has 0 saturated heterocycles. The molecule has 2 heterocycles. The fourth-order valence-electron chi connectivity index (χ4n) is 3.48. The van der Waals surface area contributed by atoms with E-state index in [1.54, 1.807) is 10.9 Å². The van der Waals surface area contributed by atoms with Crippen LogP contribution in [0.1, 0.15) is 37.8 Å². The number of fused-ring (bicyclic) bond motifs is 1. The molecule has 1 saturated carbocycles. The van der Waals surface area contributed by atoms with E-state index in [4.69, 9.17) is 0 Å². The van der Waals surface area contributed by atoms with E-state index in [0.717, 1.165) is 48.0 Å². The molecule has 6 nitrogen and oxygen atoms in total. The monoisotopic (exact) mass is 306 g/mol. The highest BCUT2D eigenvalue weighted by molar-refractivity contribution is 5.79. The van der Waals surface area contributed by atoms with Gasteiger partial charge in [-0.05, 0) is 31.0 Å². The number of nitriles is 1. The van der Waals surface area contributed by atoms with Crippen molar-refractivity contribution >= 4 is 10.9 Å². The molecule has 0 spiro atoms. The van der Waals surface area contributed by atoms with Crippen LogP contribution in [-0.4, -0.2) is 25.2 Å². The van der Waals surface area contributed by atoms with Gasteiger partial charge in [0.05, 0.1) is 40.8 Å². The highest BCUT2D eigenvalue weighted by Crippen LogP contribution is 2.38. The second-order valence-electron chi connectivity index (χ2n) is 6.43. The summed E-state index contributed by atoms with van der Waals surface area (Å²) in [5, 5.41) is 26.2. The topological polar surface area (TPSA) is 83.2 Å². The van der Waals surface area contributed by atoms with E-state index in [1.807, 2.05) is 24.4 Å². The lowest BCUT2D eigenvalue weighted by Crippen LogP contribution is -2.25. The molecule has 1 aromatic carbocycles. The van der Waals surface area contributed by atoms with Gasteiger partial charge < -0.3 is 0 Å². The Bertz CT molecular complexity index is 862. The minimum atomic E-state index is -0.257. The van der Waals surface area contributed by atoms with E-state index in [9.17, 15) is 5.26 Å². The summed E-state index contributed by atoms with van der Waals surface area (Å²) >= 11 is 0. The molecule has 3 aromatic rings. The van der Waals surface area contributed by atoms with Crippen LogP contribution in [0.5, 0.6) is 0 Å². The molecule has 1 aliphatic carbocycles. The Morgan fingerprint density at radius 1 is 1.26 bits per heavy atom. The molecule has 0 amide bonds. The average molecular weight is 306 g/mol. The summed E-state index contributed by atoms with van der Waals surface area (Å²) in [5.41, 5.74) is 2.54. The Kier molecular flexibility index (Phi) is 3.34. The van der Waals surface area contributed by atoms with Crippen LogP contribution < -0.4 is 0 Å². The molecular weight excluding hydrogens is 288 g/mol. The second kappa shape index (κ2) is 5.51. The van der Waals surface area contributed by atoms with Crippen molar-refractivity contribution in [2.75, 3.05) is 0 Å². The molecule has 2 aromatic heterocycles. The molecule has 1 N–H and O–H groups in total. The standard InChI is InChI=1S/C17H18N6/c18-12-17(6-2-1-3-7-17)9-14-11-23(22-20-14)15-5-4-13-10-19-21-16(13)8-15/h4-5,8,10-11H,1-3,6-7,9H2,(H,19,21). The van der Waals surface area contributed by atoms with Crippen molar-refractivity contribution in [3.8, 4) is 11.8 Å². The van der Waals surface area contributed by atoms with Crippen molar-refractivity contribution in [2.24, 2.45) is 5.41 Å². The normalized spacial score (nSPS) is 17.2. The number of hydrogen-bond donors (Lipinski definition) is 1. The van der Waals surface area contributed by atoms with Crippen molar-refractivity contribution in [3.63, 3.8) is 0 Å². The first-order valence-corrected chi connectivity index (χ1v) is 8.04. The molecule has 0 bridgehead atoms. The molecule has 0 aliphatic heterocycles. The lowest BCUT2D eigenvalue weighted by molar-refractivity contribution is 0.263. The molecule has 6 heteroatoms. The molecule has 23 heavy (non-hydrogen) atoms. The largest absolute Gasteiger partial charge is 0.278 e. The zero-order valence-electron chi connectivity index (χ0n) is 12.9. The van der Waals surface area contributed by atoms with Gasteiger partial charge in [-0.25, -0.2) is 4.68 Å². The van der Waals surface area contributed by atoms with Gasteiger partial charge in [-0.3, -0.25) is 5.10 Å². The van der Waals surface area contributed by atoms with Crippen LogP contribution in [0.15, 0.2) is 30.6 Å². The zero-order chi connectivity index (χ0) is 15.7. The Labute approximate surface area is 134 Å². The van der Waals surface area contributed by atoms with Crippen LogP contribution in [0.25, 0.3) is 16.6 Å². The first-order valence-electron chi connectivity index (χ1n) is 8.04. The first-order chi connectivity index (χ1) is 11.3. The van der Waals surface area contributed by atoms with Crippen molar-refractivity contribution in [1.82, 2.24) is 25.2 Å². The van der Waals surface area contributed by atoms with E-state index in [2.05, 4.69) is 26.6 Å². The number of H-pyrrole nitrogens is 1. The maximum atomic E-state index is 9.61. The van der Waals surface area contributed by atoms with Gasteiger partial charge in [0.25, 0.3) is 0 Å². The van der Waals surface area contributed by atoms with Gasteiger partial charge in [-0.1, -0.05) is 24.5 Å². The minimum absolute atomic E-state index is 0.257. The number of hydrogen-bond acceptors (Lipinski definition) is 4. The molecule has 116 valence electrons. The predicted octanol–water partition coefficient (Wildman–Crippen LogP) is 3.16. The lowest BCUT2D eigenvalue weighted by atomic mass is 9.72.